The number of carbonyl (C=O) groups excluding carboxylic acids is 3. The van der Waals surface area contributed by atoms with Crippen LogP contribution in [0.4, 0.5) is 0 Å². The molecule has 3 rings (SSSR count). The van der Waals surface area contributed by atoms with E-state index in [1.165, 1.54) is 24.0 Å². The smallest absolute Gasteiger partial charge is 0.328 e. The van der Waals surface area contributed by atoms with Crippen molar-refractivity contribution < 1.29 is 19.1 Å². The van der Waals surface area contributed by atoms with E-state index in [2.05, 4.69) is 6.07 Å². The molecule has 1 aromatic carbocycles. The average molecular weight is 371 g/mol. The Bertz CT molecular complexity index is 712. The standard InChI is InChI=1S/C22H29NO4/c1-2-27-22(26)19-9-5-6-14-23(19)21(25)13-12-20(24)18-11-10-16-7-3-4-8-17(16)15-18/h10-11,15,19H,2-9,12-14H2,1H3. The van der Waals surface area contributed by atoms with E-state index in [1.54, 1.807) is 11.8 Å². The molecule has 1 aromatic rings. The SMILES string of the molecule is CCOC(=O)C1CCCCN1C(=O)CCC(=O)c1ccc2c(c1)CCCC2. The van der Waals surface area contributed by atoms with Crippen LogP contribution in [0.25, 0.3) is 0 Å². The number of ketones is 1. The zero-order chi connectivity index (χ0) is 19.2. The van der Waals surface area contributed by atoms with Crippen molar-refractivity contribution in [3.8, 4) is 0 Å². The predicted octanol–water partition coefficient (Wildman–Crippen LogP) is 3.47. The summed E-state index contributed by atoms with van der Waals surface area (Å²) in [5.74, 6) is -0.452. The van der Waals surface area contributed by atoms with Crippen molar-refractivity contribution in [1.82, 2.24) is 4.90 Å². The van der Waals surface area contributed by atoms with Crippen molar-refractivity contribution in [2.24, 2.45) is 0 Å². The third-order valence-corrected chi connectivity index (χ3v) is 5.62. The van der Waals surface area contributed by atoms with Crippen LogP contribution in [0.5, 0.6) is 0 Å². The number of carbonyl (C=O) groups is 3. The molecule has 1 fully saturated rings. The monoisotopic (exact) mass is 371 g/mol. The first kappa shape index (κ1) is 19.6. The van der Waals surface area contributed by atoms with E-state index in [-0.39, 0.29) is 30.5 Å². The van der Waals surface area contributed by atoms with Gasteiger partial charge in [-0.15, -0.1) is 0 Å². The number of fused-ring (bicyclic) bond motifs is 1. The lowest BCUT2D eigenvalue weighted by Gasteiger charge is -2.34. The first-order chi connectivity index (χ1) is 13.1. The third kappa shape index (κ3) is 4.76. The largest absolute Gasteiger partial charge is 0.464 e. The van der Waals surface area contributed by atoms with Crippen LogP contribution in [0, 0.1) is 0 Å². The summed E-state index contributed by atoms with van der Waals surface area (Å²) in [7, 11) is 0. The fraction of sp³-hybridized carbons (Fsp3) is 0.591. The minimum Gasteiger partial charge on any atom is -0.464 e. The van der Waals surface area contributed by atoms with Gasteiger partial charge in [0.05, 0.1) is 6.61 Å². The van der Waals surface area contributed by atoms with Gasteiger partial charge in [0.2, 0.25) is 5.91 Å². The average Bonchev–Trinajstić information content (AvgIpc) is 2.71. The van der Waals surface area contributed by atoms with Crippen molar-refractivity contribution in [3.05, 3.63) is 34.9 Å². The Kier molecular flexibility index (Phi) is 6.64. The third-order valence-electron chi connectivity index (χ3n) is 5.62. The molecule has 27 heavy (non-hydrogen) atoms. The highest BCUT2D eigenvalue weighted by molar-refractivity contribution is 5.98. The molecule has 5 heteroatoms. The van der Waals surface area contributed by atoms with Crippen molar-refractivity contribution in [1.29, 1.82) is 0 Å². The second-order valence-corrected chi connectivity index (χ2v) is 7.46. The van der Waals surface area contributed by atoms with Gasteiger partial charge in [0, 0.05) is 24.9 Å². The Morgan fingerprint density at radius 1 is 1.04 bits per heavy atom. The summed E-state index contributed by atoms with van der Waals surface area (Å²) in [5, 5.41) is 0. The number of hydrogen-bond acceptors (Lipinski definition) is 4. The maximum atomic E-state index is 12.7. The molecule has 1 aliphatic carbocycles. The first-order valence-electron chi connectivity index (χ1n) is 10.2. The first-order valence-corrected chi connectivity index (χ1v) is 10.2. The van der Waals surface area contributed by atoms with E-state index in [0.717, 1.165) is 25.7 Å². The number of hydrogen-bond donors (Lipinski definition) is 0. The summed E-state index contributed by atoms with van der Waals surface area (Å²) in [6.07, 6.45) is 7.29. The van der Waals surface area contributed by atoms with Crippen LogP contribution >= 0.6 is 0 Å². The Labute approximate surface area is 161 Å². The van der Waals surface area contributed by atoms with E-state index < -0.39 is 6.04 Å². The molecule has 1 atom stereocenters. The molecule has 1 heterocycles. The number of amides is 1. The van der Waals surface area contributed by atoms with Crippen LogP contribution < -0.4 is 0 Å². The van der Waals surface area contributed by atoms with E-state index in [9.17, 15) is 14.4 Å². The molecule has 0 bridgehead atoms. The summed E-state index contributed by atoms with van der Waals surface area (Å²) in [4.78, 5) is 39.0. The Morgan fingerprint density at radius 2 is 1.81 bits per heavy atom. The molecule has 1 amide bonds. The van der Waals surface area contributed by atoms with E-state index in [1.807, 2.05) is 12.1 Å². The Morgan fingerprint density at radius 3 is 2.59 bits per heavy atom. The topological polar surface area (TPSA) is 63.7 Å². The molecule has 1 saturated heterocycles. The van der Waals surface area contributed by atoms with Crippen molar-refractivity contribution in [2.45, 2.75) is 70.8 Å². The Balaban J connectivity index is 1.59. The van der Waals surface area contributed by atoms with E-state index >= 15 is 0 Å². The number of piperidine rings is 1. The van der Waals surface area contributed by atoms with E-state index in [4.69, 9.17) is 4.74 Å². The fourth-order valence-electron chi connectivity index (χ4n) is 4.13. The van der Waals surface area contributed by atoms with Gasteiger partial charge >= 0.3 is 5.97 Å². The van der Waals surface area contributed by atoms with Crippen LogP contribution in [0.3, 0.4) is 0 Å². The van der Waals surface area contributed by atoms with Gasteiger partial charge in [-0.05, 0) is 69.1 Å². The molecule has 2 aliphatic rings. The lowest BCUT2D eigenvalue weighted by atomic mass is 9.89. The fourth-order valence-corrected chi connectivity index (χ4v) is 4.13. The quantitative estimate of drug-likeness (QED) is 0.567. The summed E-state index contributed by atoms with van der Waals surface area (Å²) in [6, 6.07) is 5.46. The molecule has 0 N–H and O–H groups in total. The number of rotatable bonds is 6. The summed E-state index contributed by atoms with van der Waals surface area (Å²) in [6.45, 7) is 2.65. The van der Waals surface area contributed by atoms with Crippen LogP contribution in [0.15, 0.2) is 18.2 Å². The van der Waals surface area contributed by atoms with Gasteiger partial charge in [0.1, 0.15) is 6.04 Å². The lowest BCUT2D eigenvalue weighted by molar-refractivity contribution is -0.156. The molecule has 0 aromatic heterocycles. The number of nitrogens with zero attached hydrogens (tertiary/aromatic N) is 1. The van der Waals surface area contributed by atoms with Crippen molar-refractivity contribution in [2.75, 3.05) is 13.2 Å². The predicted molar refractivity (Wildman–Crippen MR) is 103 cm³/mol. The number of Topliss-reactive ketones (excluding diaryl/α,β-unsaturated/α-hetero) is 1. The van der Waals surface area contributed by atoms with Crippen LogP contribution in [0.1, 0.15) is 73.4 Å². The van der Waals surface area contributed by atoms with Gasteiger partial charge in [0.25, 0.3) is 0 Å². The molecule has 0 radical (unpaired) electrons. The van der Waals surface area contributed by atoms with E-state index in [0.29, 0.717) is 25.1 Å². The maximum Gasteiger partial charge on any atom is 0.328 e. The number of esters is 1. The molecular weight excluding hydrogens is 342 g/mol. The van der Waals surface area contributed by atoms with Crippen LogP contribution in [-0.2, 0) is 27.2 Å². The minimum absolute atomic E-state index is 0.00131. The van der Waals surface area contributed by atoms with Crippen LogP contribution in [0.2, 0.25) is 0 Å². The van der Waals surface area contributed by atoms with Crippen molar-refractivity contribution >= 4 is 17.7 Å². The second kappa shape index (κ2) is 9.16. The normalized spacial score (nSPS) is 19.3. The van der Waals surface area contributed by atoms with Gasteiger partial charge in [-0.25, -0.2) is 4.79 Å². The highest BCUT2D eigenvalue weighted by Gasteiger charge is 2.33. The Hall–Kier alpha value is -2.17. The molecule has 0 spiro atoms. The molecular formula is C22H29NO4. The van der Waals surface area contributed by atoms with Gasteiger partial charge in [-0.3, -0.25) is 9.59 Å². The summed E-state index contributed by atoms with van der Waals surface area (Å²) < 4.78 is 5.11. The van der Waals surface area contributed by atoms with Gasteiger partial charge in [-0.2, -0.15) is 0 Å². The summed E-state index contributed by atoms with van der Waals surface area (Å²) in [5.41, 5.74) is 3.32. The molecule has 5 nitrogen and oxygen atoms in total. The maximum absolute atomic E-state index is 12.7. The second-order valence-electron chi connectivity index (χ2n) is 7.46. The zero-order valence-corrected chi connectivity index (χ0v) is 16.2. The van der Waals surface area contributed by atoms with Gasteiger partial charge in [0.15, 0.2) is 5.78 Å². The number of ether oxygens (including phenoxy) is 1. The summed E-state index contributed by atoms with van der Waals surface area (Å²) >= 11 is 0. The van der Waals surface area contributed by atoms with Gasteiger partial charge < -0.3 is 9.64 Å². The minimum atomic E-state index is -0.495. The molecule has 1 aliphatic heterocycles. The molecule has 146 valence electrons. The zero-order valence-electron chi connectivity index (χ0n) is 16.2. The number of benzene rings is 1. The highest BCUT2D eigenvalue weighted by atomic mass is 16.5. The van der Waals surface area contributed by atoms with Gasteiger partial charge in [-0.1, -0.05) is 12.1 Å². The lowest BCUT2D eigenvalue weighted by Crippen LogP contribution is -2.48. The van der Waals surface area contributed by atoms with Crippen molar-refractivity contribution in [3.63, 3.8) is 0 Å². The number of aryl methyl sites for hydroxylation is 2. The highest BCUT2D eigenvalue weighted by Crippen LogP contribution is 2.24. The molecule has 1 unspecified atom stereocenters. The number of likely N-dealkylation sites (tertiary alicyclic amines) is 1. The van der Waals surface area contributed by atoms with Crippen LogP contribution in [-0.4, -0.2) is 41.8 Å². The molecule has 0 saturated carbocycles.